The lowest BCUT2D eigenvalue weighted by Gasteiger charge is -2.31. The molecule has 0 bridgehead atoms. The number of amides is 4. The van der Waals surface area contributed by atoms with E-state index in [4.69, 9.17) is 28.9 Å². The van der Waals surface area contributed by atoms with Crippen molar-refractivity contribution in [3.05, 3.63) is 102 Å². The van der Waals surface area contributed by atoms with Crippen LogP contribution < -0.4 is 15.4 Å². The molecule has 3 aliphatic heterocycles. The number of alkyl carbamates (subject to hydrolysis) is 2. The summed E-state index contributed by atoms with van der Waals surface area (Å²) in [6.07, 6.45) is 6.61. The van der Waals surface area contributed by atoms with Crippen LogP contribution in [0.2, 0.25) is 0 Å². The Bertz CT molecular complexity index is 2950. The van der Waals surface area contributed by atoms with Gasteiger partial charge in [-0.15, -0.1) is 0 Å². The number of likely N-dealkylation sites (tertiary alicyclic amines) is 2. The summed E-state index contributed by atoms with van der Waals surface area (Å²) in [4.78, 5) is 74.3. The van der Waals surface area contributed by atoms with E-state index in [2.05, 4.69) is 57.0 Å². The van der Waals surface area contributed by atoms with Crippen LogP contribution in [0.5, 0.6) is 5.75 Å². The molecule has 16 heteroatoms. The molecule has 16 nitrogen and oxygen atoms in total. The lowest BCUT2D eigenvalue weighted by Crippen LogP contribution is -2.52. The molecule has 4 amide bonds. The van der Waals surface area contributed by atoms with Gasteiger partial charge in [0.05, 0.1) is 55.8 Å². The molecule has 358 valence electrons. The van der Waals surface area contributed by atoms with Gasteiger partial charge in [-0.05, 0) is 102 Å². The van der Waals surface area contributed by atoms with Crippen LogP contribution in [0, 0.1) is 23.7 Å². The van der Waals surface area contributed by atoms with E-state index in [9.17, 15) is 19.2 Å². The SMILES string of the molecule is COC(=O)N[C@H](C(=O)N1[C@@H]2C[C@@H]2C[C@H]1c1ncc(-c2ccc3c(c2)COc2cc4c(ccc5[nH]c([C@@H]6C[C@H](COCC7CCC7)CN6C(=O)[C@H](NC(=O)OC)c6ccccc6)nc54)cc2-3)[nH]1)C(C)C. The number of aromatic nitrogens is 4. The van der Waals surface area contributed by atoms with Gasteiger partial charge in [0.2, 0.25) is 5.91 Å². The van der Waals surface area contributed by atoms with E-state index in [-0.39, 0.29) is 41.8 Å². The van der Waals surface area contributed by atoms with Crippen molar-refractivity contribution in [2.24, 2.45) is 23.7 Å². The summed E-state index contributed by atoms with van der Waals surface area (Å²) < 4.78 is 22.5. The first-order valence-electron chi connectivity index (χ1n) is 24.3. The number of benzene rings is 4. The van der Waals surface area contributed by atoms with Crippen molar-refractivity contribution in [1.29, 1.82) is 0 Å². The fourth-order valence-corrected chi connectivity index (χ4v) is 11.0. The molecule has 11 rings (SSSR count). The average Bonchev–Trinajstić information content (AvgIpc) is 3.82. The topological polar surface area (TPSA) is 193 Å². The normalized spacial score (nSPS) is 22.3. The summed E-state index contributed by atoms with van der Waals surface area (Å²) in [7, 11) is 2.59. The van der Waals surface area contributed by atoms with E-state index < -0.39 is 24.3 Å². The van der Waals surface area contributed by atoms with Crippen LogP contribution in [-0.4, -0.2) is 99.8 Å². The van der Waals surface area contributed by atoms with Crippen molar-refractivity contribution in [2.45, 2.75) is 89.2 Å². The maximum Gasteiger partial charge on any atom is 0.407 e. The number of nitrogens with zero attached hydrogens (tertiary/aromatic N) is 4. The van der Waals surface area contributed by atoms with Crippen LogP contribution in [0.1, 0.15) is 93.3 Å². The number of H-pyrrole nitrogens is 2. The van der Waals surface area contributed by atoms with Gasteiger partial charge in [-0.1, -0.05) is 68.8 Å². The number of rotatable bonds is 13. The summed E-state index contributed by atoms with van der Waals surface area (Å²) in [5.41, 5.74) is 7.21. The highest BCUT2D eigenvalue weighted by Crippen LogP contribution is 2.53. The molecule has 2 aromatic heterocycles. The zero-order valence-electron chi connectivity index (χ0n) is 39.3. The maximum atomic E-state index is 14.7. The van der Waals surface area contributed by atoms with E-state index in [1.807, 2.05) is 66.2 Å². The van der Waals surface area contributed by atoms with E-state index in [1.165, 1.54) is 33.5 Å². The highest BCUT2D eigenvalue weighted by atomic mass is 16.5. The lowest BCUT2D eigenvalue weighted by molar-refractivity contribution is -0.137. The number of fused-ring (bicyclic) bond motifs is 7. The van der Waals surface area contributed by atoms with Crippen molar-refractivity contribution in [3.8, 4) is 28.1 Å². The maximum absolute atomic E-state index is 14.7. The van der Waals surface area contributed by atoms with E-state index in [0.29, 0.717) is 49.4 Å². The molecule has 0 unspecified atom stereocenters. The first-order chi connectivity index (χ1) is 33.5. The Hall–Kier alpha value is -6.94. The van der Waals surface area contributed by atoms with Crippen LogP contribution >= 0.6 is 0 Å². The first-order valence-corrected chi connectivity index (χ1v) is 24.3. The van der Waals surface area contributed by atoms with Crippen LogP contribution in [0.15, 0.2) is 79.0 Å². The van der Waals surface area contributed by atoms with Crippen LogP contribution in [0.3, 0.4) is 0 Å². The van der Waals surface area contributed by atoms with Crippen molar-refractivity contribution >= 4 is 45.8 Å². The molecule has 69 heavy (non-hydrogen) atoms. The van der Waals surface area contributed by atoms with Gasteiger partial charge in [-0.25, -0.2) is 19.6 Å². The number of carbonyl (C=O) groups excluding carboxylic acids is 4. The predicted molar refractivity (Wildman–Crippen MR) is 257 cm³/mol. The molecule has 5 aliphatic rings. The minimum Gasteiger partial charge on any atom is -0.488 e. The third-order valence-electron chi connectivity index (χ3n) is 15.1. The Balaban J connectivity index is 0.855. The molecule has 2 aliphatic carbocycles. The first kappa shape index (κ1) is 44.6. The number of ether oxygens (including phenoxy) is 4. The highest BCUT2D eigenvalue weighted by molar-refractivity contribution is 6.07. The van der Waals surface area contributed by atoms with E-state index in [1.54, 1.807) is 0 Å². The average molecular weight is 935 g/mol. The van der Waals surface area contributed by atoms with Crippen LogP contribution in [-0.2, 0) is 30.4 Å². The van der Waals surface area contributed by atoms with Gasteiger partial charge >= 0.3 is 12.2 Å². The Labute approximate surface area is 399 Å². The number of aromatic amines is 2. The Morgan fingerprint density at radius 2 is 1.62 bits per heavy atom. The van der Waals surface area contributed by atoms with E-state index >= 15 is 0 Å². The van der Waals surface area contributed by atoms with Crippen molar-refractivity contribution in [2.75, 3.05) is 34.0 Å². The molecule has 4 fully saturated rings. The summed E-state index contributed by atoms with van der Waals surface area (Å²) in [5, 5.41) is 7.48. The number of methoxy groups -OCH3 is 2. The zero-order valence-corrected chi connectivity index (χ0v) is 39.3. The Kier molecular flexibility index (Phi) is 11.7. The van der Waals surface area contributed by atoms with Gasteiger partial charge in [0.25, 0.3) is 5.91 Å². The smallest absolute Gasteiger partial charge is 0.407 e. The van der Waals surface area contributed by atoms with Crippen LogP contribution in [0.4, 0.5) is 9.59 Å². The number of hydrogen-bond acceptors (Lipinski definition) is 10. The van der Waals surface area contributed by atoms with Gasteiger partial charge in [0.15, 0.2) is 0 Å². The molecule has 0 radical (unpaired) electrons. The Morgan fingerprint density at radius 1 is 0.826 bits per heavy atom. The fraction of sp³-hybridized carbons (Fsp3) is 0.434. The van der Waals surface area contributed by atoms with Crippen LogP contribution in [0.25, 0.3) is 44.2 Å². The molecular weight excluding hydrogens is 877 g/mol. The Morgan fingerprint density at radius 3 is 2.39 bits per heavy atom. The third-order valence-corrected chi connectivity index (χ3v) is 15.1. The molecular formula is C53H58N8O8. The molecule has 0 spiro atoms. The summed E-state index contributed by atoms with van der Waals surface area (Å²) in [6.45, 7) is 5.94. The van der Waals surface area contributed by atoms with Gasteiger partial charge in [0.1, 0.15) is 36.1 Å². The molecule has 4 N–H and O–H groups in total. The van der Waals surface area contributed by atoms with Gasteiger partial charge in [-0.3, -0.25) is 9.59 Å². The molecule has 2 saturated carbocycles. The monoisotopic (exact) mass is 934 g/mol. The molecule has 5 heterocycles. The summed E-state index contributed by atoms with van der Waals surface area (Å²) >= 11 is 0. The number of hydrogen-bond donors (Lipinski definition) is 4. The fourth-order valence-electron chi connectivity index (χ4n) is 11.0. The van der Waals surface area contributed by atoms with Crippen molar-refractivity contribution in [1.82, 2.24) is 40.4 Å². The van der Waals surface area contributed by atoms with Gasteiger partial charge < -0.3 is 49.3 Å². The van der Waals surface area contributed by atoms with Crippen molar-refractivity contribution < 1.29 is 38.1 Å². The van der Waals surface area contributed by atoms with Crippen molar-refractivity contribution in [3.63, 3.8) is 0 Å². The zero-order chi connectivity index (χ0) is 47.5. The lowest BCUT2D eigenvalue weighted by atomic mass is 9.86. The molecule has 2 saturated heterocycles. The van der Waals surface area contributed by atoms with Gasteiger partial charge in [-0.2, -0.15) is 0 Å². The number of carbonyl (C=O) groups is 4. The number of piperidine rings is 1. The molecule has 7 atom stereocenters. The largest absolute Gasteiger partial charge is 0.488 e. The minimum absolute atomic E-state index is 0.0783. The second-order valence-electron chi connectivity index (χ2n) is 19.8. The minimum atomic E-state index is -0.951. The standard InChI is InChI=1S/C53H58N8O8/c1-28(2)45(58-52(64)66-3)51(63)61-41-20-34(41)21-43(61)48-54-23-40(56-48)33-13-15-36-35(18-33)27-69-44-22-37-32(19-38(36)44)14-16-39-47(37)57-49(55-39)42-17-30(26-68-25-29-9-8-10-29)24-60(42)50(62)46(59-53(65)67-4)31-11-6-5-7-12-31/h5-7,11-16,18-19,22-23,28-30,34,41-43,45-46H,8-10,17,20-21,24-27H2,1-4H3,(H,54,56)(H,55,57)(H,58,64)(H,59,65)/t30-,34+,41+,42-,43-,45-,46+/m0/s1. The quantitative estimate of drug-likeness (QED) is 0.0873. The summed E-state index contributed by atoms with van der Waals surface area (Å²) in [6, 6.07) is 21.8. The second kappa shape index (κ2) is 18.2. The predicted octanol–water partition coefficient (Wildman–Crippen LogP) is 8.51. The second-order valence-corrected chi connectivity index (χ2v) is 19.8. The molecule has 6 aromatic rings. The van der Waals surface area contributed by atoms with Gasteiger partial charge in [0, 0.05) is 36.1 Å². The molecule has 4 aromatic carbocycles. The number of imidazole rings is 2. The summed E-state index contributed by atoms with van der Waals surface area (Å²) in [5.74, 6) is 2.81. The highest BCUT2D eigenvalue weighted by Gasteiger charge is 2.56. The number of nitrogens with one attached hydrogen (secondary N) is 4. The van der Waals surface area contributed by atoms with E-state index in [0.717, 1.165) is 80.8 Å². The third kappa shape index (κ3) is 8.42.